The molecule has 0 aromatic heterocycles. The summed E-state index contributed by atoms with van der Waals surface area (Å²) < 4.78 is 0. The highest BCUT2D eigenvalue weighted by Crippen LogP contribution is 2.28. The first-order chi connectivity index (χ1) is 9.56. The van der Waals surface area contributed by atoms with Crippen molar-refractivity contribution in [2.45, 2.75) is 0 Å². The standard InChI is InChI=1S/C11H10N6O3/c12-4-6-16(7-5-13)11(18)8-2-1-3-9(15-14)10(8)17(19)20/h1-3,15H,6-7,14H2. The second kappa shape index (κ2) is 6.68. The molecule has 0 aliphatic heterocycles. The van der Waals surface area contributed by atoms with Gasteiger partial charge in [-0.15, -0.1) is 0 Å². The van der Waals surface area contributed by atoms with E-state index in [0.29, 0.717) is 0 Å². The summed E-state index contributed by atoms with van der Waals surface area (Å²) in [4.78, 5) is 23.4. The van der Waals surface area contributed by atoms with E-state index in [1.54, 1.807) is 12.1 Å². The summed E-state index contributed by atoms with van der Waals surface area (Å²) >= 11 is 0. The summed E-state index contributed by atoms with van der Waals surface area (Å²) in [6.07, 6.45) is 0. The van der Waals surface area contributed by atoms with Crippen molar-refractivity contribution in [3.63, 3.8) is 0 Å². The summed E-state index contributed by atoms with van der Waals surface area (Å²) in [5.41, 5.74) is 1.36. The highest BCUT2D eigenvalue weighted by atomic mass is 16.6. The second-order valence-electron chi connectivity index (χ2n) is 3.58. The van der Waals surface area contributed by atoms with Crippen LogP contribution < -0.4 is 11.3 Å². The van der Waals surface area contributed by atoms with Crippen molar-refractivity contribution in [1.29, 1.82) is 10.5 Å². The number of carbonyl (C=O) groups is 1. The molecule has 1 amide bonds. The predicted octanol–water partition coefficient (Wildman–Crippen LogP) is 0.370. The highest BCUT2D eigenvalue weighted by Gasteiger charge is 2.27. The Morgan fingerprint density at radius 3 is 2.45 bits per heavy atom. The normalized spacial score (nSPS) is 9.15. The van der Waals surface area contributed by atoms with Crippen LogP contribution in [0.3, 0.4) is 0 Å². The number of rotatable bonds is 5. The molecule has 3 N–H and O–H groups in total. The fourth-order valence-electron chi connectivity index (χ4n) is 1.57. The minimum absolute atomic E-state index is 0.0327. The first kappa shape index (κ1) is 14.9. The van der Waals surface area contributed by atoms with Crippen LogP contribution in [0.5, 0.6) is 0 Å². The lowest BCUT2D eigenvalue weighted by Crippen LogP contribution is -2.32. The number of nitrogen functional groups attached to an aromatic ring is 1. The van der Waals surface area contributed by atoms with Gasteiger partial charge in [0.05, 0.1) is 17.1 Å². The first-order valence-electron chi connectivity index (χ1n) is 5.34. The SMILES string of the molecule is N#CCN(CC#N)C(=O)c1cccc(NN)c1[N+](=O)[O-]. The van der Waals surface area contributed by atoms with Gasteiger partial charge in [-0.05, 0) is 12.1 Å². The number of hydrogen-bond donors (Lipinski definition) is 2. The lowest BCUT2D eigenvalue weighted by molar-refractivity contribution is -0.384. The predicted molar refractivity (Wildman–Crippen MR) is 68.0 cm³/mol. The third-order valence-corrected chi connectivity index (χ3v) is 2.41. The summed E-state index contributed by atoms with van der Waals surface area (Å²) in [7, 11) is 0. The van der Waals surface area contributed by atoms with Gasteiger partial charge in [0.2, 0.25) is 0 Å². The molecule has 0 unspecified atom stereocenters. The Balaban J connectivity index is 3.32. The molecule has 1 rings (SSSR count). The van der Waals surface area contributed by atoms with Crippen LogP contribution in [0.25, 0.3) is 0 Å². The summed E-state index contributed by atoms with van der Waals surface area (Å²) in [6.45, 7) is -0.687. The Kier molecular flexibility index (Phi) is 4.97. The number of hydrazine groups is 1. The molecule has 0 aliphatic carbocycles. The van der Waals surface area contributed by atoms with Crippen molar-refractivity contribution in [3.8, 4) is 12.1 Å². The van der Waals surface area contributed by atoms with Gasteiger partial charge < -0.3 is 10.3 Å². The minimum Gasteiger partial charge on any atom is -0.318 e. The van der Waals surface area contributed by atoms with E-state index in [4.69, 9.17) is 16.4 Å². The molecule has 0 radical (unpaired) electrons. The van der Waals surface area contributed by atoms with Crippen LogP contribution >= 0.6 is 0 Å². The van der Waals surface area contributed by atoms with Crippen molar-refractivity contribution in [3.05, 3.63) is 33.9 Å². The van der Waals surface area contributed by atoms with E-state index in [2.05, 4.69) is 5.43 Å². The van der Waals surface area contributed by atoms with Gasteiger partial charge in [0.15, 0.2) is 0 Å². The van der Waals surface area contributed by atoms with Crippen molar-refractivity contribution in [2.75, 3.05) is 18.5 Å². The third kappa shape index (κ3) is 2.98. The van der Waals surface area contributed by atoms with E-state index >= 15 is 0 Å². The van der Waals surface area contributed by atoms with Crippen LogP contribution in [0, 0.1) is 32.8 Å². The number of anilines is 1. The Morgan fingerprint density at radius 1 is 1.40 bits per heavy atom. The Bertz CT molecular complexity index is 600. The molecule has 1 aromatic carbocycles. The topological polar surface area (TPSA) is 149 Å². The maximum absolute atomic E-state index is 12.2. The zero-order chi connectivity index (χ0) is 15.1. The molecule has 0 fully saturated rings. The molecule has 0 spiro atoms. The van der Waals surface area contributed by atoms with Crippen LogP contribution in [-0.2, 0) is 0 Å². The van der Waals surface area contributed by atoms with Crippen molar-refractivity contribution >= 4 is 17.3 Å². The van der Waals surface area contributed by atoms with Gasteiger partial charge >= 0.3 is 5.69 Å². The molecule has 0 saturated heterocycles. The van der Waals surface area contributed by atoms with Gasteiger partial charge in [0, 0.05) is 0 Å². The molecule has 9 heteroatoms. The maximum Gasteiger partial charge on any atom is 0.306 e. The maximum atomic E-state index is 12.2. The van der Waals surface area contributed by atoms with Gasteiger partial charge in [0.25, 0.3) is 5.91 Å². The Labute approximate surface area is 113 Å². The molecular weight excluding hydrogens is 264 g/mol. The fourth-order valence-corrected chi connectivity index (χ4v) is 1.57. The van der Waals surface area contributed by atoms with Crippen LogP contribution in [0.1, 0.15) is 10.4 Å². The van der Waals surface area contributed by atoms with Crippen molar-refractivity contribution in [1.82, 2.24) is 4.90 Å². The number of carbonyl (C=O) groups excluding carboxylic acids is 1. The minimum atomic E-state index is -0.781. The number of nitrogens with zero attached hydrogens (tertiary/aromatic N) is 4. The molecule has 0 aliphatic rings. The van der Waals surface area contributed by atoms with E-state index in [1.807, 2.05) is 0 Å². The Morgan fingerprint density at radius 2 is 2.00 bits per heavy atom. The molecule has 0 bridgehead atoms. The number of hydrogen-bond acceptors (Lipinski definition) is 7. The smallest absolute Gasteiger partial charge is 0.306 e. The summed E-state index contributed by atoms with van der Waals surface area (Å²) in [5, 5.41) is 28.3. The zero-order valence-electron chi connectivity index (χ0n) is 10.2. The third-order valence-electron chi connectivity index (χ3n) is 2.41. The lowest BCUT2D eigenvalue weighted by atomic mass is 10.1. The first-order valence-corrected chi connectivity index (χ1v) is 5.34. The van der Waals surface area contributed by atoms with Crippen LogP contribution in [0.15, 0.2) is 18.2 Å². The number of nitro groups is 1. The molecule has 1 aromatic rings. The van der Waals surface area contributed by atoms with Gasteiger partial charge in [-0.2, -0.15) is 10.5 Å². The summed E-state index contributed by atoms with van der Waals surface area (Å²) in [6, 6.07) is 7.44. The van der Waals surface area contributed by atoms with E-state index in [-0.39, 0.29) is 24.3 Å². The monoisotopic (exact) mass is 274 g/mol. The van der Waals surface area contributed by atoms with Gasteiger partial charge in [-0.3, -0.25) is 20.8 Å². The zero-order valence-corrected chi connectivity index (χ0v) is 10.2. The number of amides is 1. The van der Waals surface area contributed by atoms with Crippen LogP contribution in [0.4, 0.5) is 11.4 Å². The van der Waals surface area contributed by atoms with Gasteiger partial charge in [-0.25, -0.2) is 0 Å². The number of para-hydroxylation sites is 1. The molecular formula is C11H10N6O3. The molecule has 0 saturated carbocycles. The summed E-state index contributed by atoms with van der Waals surface area (Å²) in [5.74, 6) is 4.39. The molecule has 0 heterocycles. The van der Waals surface area contributed by atoms with Crippen molar-refractivity contribution < 1.29 is 9.72 Å². The molecule has 102 valence electrons. The average Bonchev–Trinajstić information content (AvgIpc) is 2.45. The average molecular weight is 274 g/mol. The van der Waals surface area contributed by atoms with E-state index in [9.17, 15) is 14.9 Å². The highest BCUT2D eigenvalue weighted by molar-refractivity contribution is 6.00. The van der Waals surface area contributed by atoms with Crippen LogP contribution in [-0.4, -0.2) is 28.8 Å². The number of nitriles is 2. The molecule has 0 atom stereocenters. The largest absolute Gasteiger partial charge is 0.318 e. The second-order valence-corrected chi connectivity index (χ2v) is 3.58. The number of benzene rings is 1. The number of nitro benzene ring substituents is 1. The molecule has 9 nitrogen and oxygen atoms in total. The number of nitrogens with one attached hydrogen (secondary N) is 1. The van der Waals surface area contributed by atoms with E-state index in [0.717, 1.165) is 4.90 Å². The fraction of sp³-hybridized carbons (Fsp3) is 0.182. The Hall–Kier alpha value is -3.17. The van der Waals surface area contributed by atoms with Gasteiger partial charge in [-0.1, -0.05) is 6.07 Å². The lowest BCUT2D eigenvalue weighted by Gasteiger charge is -2.16. The quantitative estimate of drug-likeness (QED) is 0.341. The van der Waals surface area contributed by atoms with E-state index < -0.39 is 16.5 Å². The van der Waals surface area contributed by atoms with E-state index in [1.165, 1.54) is 18.2 Å². The van der Waals surface area contributed by atoms with Crippen molar-refractivity contribution in [2.24, 2.45) is 5.84 Å². The molecule has 20 heavy (non-hydrogen) atoms. The van der Waals surface area contributed by atoms with Crippen LogP contribution in [0.2, 0.25) is 0 Å². The number of nitrogens with two attached hydrogens (primary N) is 1. The van der Waals surface area contributed by atoms with Gasteiger partial charge in [0.1, 0.15) is 24.3 Å².